The van der Waals surface area contributed by atoms with Gasteiger partial charge < -0.3 is 19.7 Å². The minimum Gasteiger partial charge on any atom is -0.463 e. The first-order chi connectivity index (χ1) is 13.9. The van der Waals surface area contributed by atoms with Crippen LogP contribution in [0.25, 0.3) is 0 Å². The zero-order valence-corrected chi connectivity index (χ0v) is 16.5. The molecular formula is C19H22FN3O5S. The van der Waals surface area contributed by atoms with Crippen LogP contribution in [-0.2, 0) is 19.1 Å². The van der Waals surface area contributed by atoms with Gasteiger partial charge in [-0.3, -0.25) is 19.7 Å². The molecule has 0 aromatic heterocycles. The van der Waals surface area contributed by atoms with Gasteiger partial charge in [0, 0.05) is 25.3 Å². The van der Waals surface area contributed by atoms with Crippen molar-refractivity contribution < 1.29 is 28.2 Å². The van der Waals surface area contributed by atoms with E-state index in [2.05, 4.69) is 10.6 Å². The molecule has 3 rings (SSSR count). The molecular weight excluding hydrogens is 401 g/mol. The van der Waals surface area contributed by atoms with Gasteiger partial charge in [0.05, 0.1) is 12.5 Å². The van der Waals surface area contributed by atoms with Crippen molar-refractivity contribution in [1.82, 2.24) is 15.5 Å². The first-order valence-electron chi connectivity index (χ1n) is 9.36. The Morgan fingerprint density at radius 3 is 2.79 bits per heavy atom. The molecule has 2 fully saturated rings. The number of hydrogen-bond acceptors (Lipinski definition) is 6. The molecule has 0 bridgehead atoms. The molecule has 2 aliphatic heterocycles. The summed E-state index contributed by atoms with van der Waals surface area (Å²) >= 11 is 5.28. The number of halogens is 1. The molecule has 2 saturated heterocycles. The molecule has 156 valence electrons. The summed E-state index contributed by atoms with van der Waals surface area (Å²) in [7, 11) is 0. The number of nitrogens with zero attached hydrogens (tertiary/aromatic N) is 1. The van der Waals surface area contributed by atoms with Crippen LogP contribution >= 0.6 is 12.2 Å². The maximum Gasteiger partial charge on any atom is 0.308 e. The van der Waals surface area contributed by atoms with Crippen molar-refractivity contribution in [2.75, 3.05) is 26.3 Å². The predicted molar refractivity (Wildman–Crippen MR) is 105 cm³/mol. The minimum absolute atomic E-state index is 0.0195. The third-order valence-electron chi connectivity index (χ3n) is 4.73. The van der Waals surface area contributed by atoms with Gasteiger partial charge in [-0.05, 0) is 49.3 Å². The lowest BCUT2D eigenvalue weighted by Crippen LogP contribution is -2.60. The normalized spacial score (nSPS) is 21.4. The Morgan fingerprint density at radius 2 is 2.10 bits per heavy atom. The number of rotatable bonds is 5. The molecule has 29 heavy (non-hydrogen) atoms. The third kappa shape index (κ3) is 5.70. The van der Waals surface area contributed by atoms with Crippen LogP contribution in [0.4, 0.5) is 4.39 Å². The van der Waals surface area contributed by atoms with Gasteiger partial charge in [0.1, 0.15) is 18.5 Å². The van der Waals surface area contributed by atoms with Gasteiger partial charge in [-0.25, -0.2) is 4.39 Å². The van der Waals surface area contributed by atoms with Crippen molar-refractivity contribution >= 4 is 35.1 Å². The van der Waals surface area contributed by atoms with E-state index in [0.29, 0.717) is 19.7 Å². The Bertz CT molecular complexity index is 783. The highest BCUT2D eigenvalue weighted by atomic mass is 32.1. The quantitative estimate of drug-likeness (QED) is 0.533. The second-order valence-corrected chi connectivity index (χ2v) is 7.18. The molecule has 0 radical (unpaired) electrons. The standard InChI is InChI=1S/C19H22FN3O5S/c20-13-5-3-12(4-6-13)17(25)22-19(29)23-8-7-21-18(26)15(23)10-16(24)28-11-14-2-1-9-27-14/h3-6,14-15H,1-2,7-11H2,(H,21,26)(H,22,25,29). The fraction of sp³-hybridized carbons (Fsp3) is 0.474. The number of esters is 1. The molecule has 0 spiro atoms. The molecule has 0 aliphatic carbocycles. The number of amides is 2. The summed E-state index contributed by atoms with van der Waals surface area (Å²) in [6.07, 6.45) is 1.46. The van der Waals surface area contributed by atoms with E-state index in [1.54, 1.807) is 0 Å². The maximum atomic E-state index is 13.0. The zero-order chi connectivity index (χ0) is 20.8. The lowest BCUT2D eigenvalue weighted by atomic mass is 10.1. The Morgan fingerprint density at radius 1 is 1.34 bits per heavy atom. The average molecular weight is 423 g/mol. The Hall–Kier alpha value is -2.59. The van der Waals surface area contributed by atoms with Crippen LogP contribution in [-0.4, -0.2) is 66.2 Å². The van der Waals surface area contributed by atoms with E-state index >= 15 is 0 Å². The summed E-state index contributed by atoms with van der Waals surface area (Å²) in [4.78, 5) is 38.3. The summed E-state index contributed by atoms with van der Waals surface area (Å²) < 4.78 is 23.7. The third-order valence-corrected chi connectivity index (χ3v) is 5.07. The highest BCUT2D eigenvalue weighted by Crippen LogP contribution is 2.14. The fourth-order valence-electron chi connectivity index (χ4n) is 3.18. The van der Waals surface area contributed by atoms with E-state index < -0.39 is 23.7 Å². The van der Waals surface area contributed by atoms with Crippen LogP contribution in [0.3, 0.4) is 0 Å². The van der Waals surface area contributed by atoms with Gasteiger partial charge in [0.15, 0.2) is 5.11 Å². The Labute approximate surface area is 172 Å². The van der Waals surface area contributed by atoms with E-state index in [-0.39, 0.29) is 35.7 Å². The van der Waals surface area contributed by atoms with E-state index in [1.807, 2.05) is 0 Å². The number of benzene rings is 1. The highest BCUT2D eigenvalue weighted by molar-refractivity contribution is 7.80. The van der Waals surface area contributed by atoms with E-state index in [0.717, 1.165) is 12.8 Å². The molecule has 0 saturated carbocycles. The Kier molecular flexibility index (Phi) is 7.10. The van der Waals surface area contributed by atoms with Gasteiger partial charge in [-0.1, -0.05) is 0 Å². The number of piperazine rings is 1. The van der Waals surface area contributed by atoms with Crippen molar-refractivity contribution in [3.8, 4) is 0 Å². The smallest absolute Gasteiger partial charge is 0.308 e. The molecule has 8 nitrogen and oxygen atoms in total. The van der Waals surface area contributed by atoms with Crippen molar-refractivity contribution in [3.05, 3.63) is 35.6 Å². The number of carbonyl (C=O) groups excluding carboxylic acids is 3. The second kappa shape index (κ2) is 9.75. The van der Waals surface area contributed by atoms with E-state index in [4.69, 9.17) is 21.7 Å². The first-order valence-corrected chi connectivity index (χ1v) is 9.77. The van der Waals surface area contributed by atoms with Crippen LogP contribution in [0, 0.1) is 5.82 Å². The zero-order valence-electron chi connectivity index (χ0n) is 15.7. The summed E-state index contributed by atoms with van der Waals surface area (Å²) in [5.74, 6) is -1.90. The molecule has 1 aromatic carbocycles. The lowest BCUT2D eigenvalue weighted by Gasteiger charge is -2.36. The molecule has 10 heteroatoms. The lowest BCUT2D eigenvalue weighted by molar-refractivity contribution is -0.150. The predicted octanol–water partition coefficient (Wildman–Crippen LogP) is 0.753. The number of thiocarbonyl (C=S) groups is 1. The van der Waals surface area contributed by atoms with Gasteiger partial charge in [0.25, 0.3) is 5.91 Å². The Balaban J connectivity index is 1.58. The molecule has 2 aliphatic rings. The van der Waals surface area contributed by atoms with Gasteiger partial charge in [-0.15, -0.1) is 0 Å². The largest absolute Gasteiger partial charge is 0.463 e. The second-order valence-electron chi connectivity index (χ2n) is 6.79. The fourth-order valence-corrected chi connectivity index (χ4v) is 3.49. The molecule has 2 atom stereocenters. The molecule has 2 heterocycles. The first kappa shape index (κ1) is 21.1. The van der Waals surface area contributed by atoms with Crippen molar-refractivity contribution in [2.45, 2.75) is 31.4 Å². The molecule has 2 amide bonds. The molecule has 1 aromatic rings. The minimum atomic E-state index is -0.887. The summed E-state index contributed by atoms with van der Waals surface area (Å²) in [6, 6.07) is 4.10. The summed E-state index contributed by atoms with van der Waals surface area (Å²) in [6.45, 7) is 1.47. The van der Waals surface area contributed by atoms with Gasteiger partial charge in [0.2, 0.25) is 5.91 Å². The number of ether oxygens (including phenoxy) is 2. The van der Waals surface area contributed by atoms with Gasteiger partial charge in [-0.2, -0.15) is 0 Å². The maximum absolute atomic E-state index is 13.0. The molecule has 2 unspecified atom stereocenters. The van der Waals surface area contributed by atoms with Gasteiger partial charge >= 0.3 is 5.97 Å². The average Bonchev–Trinajstić information content (AvgIpc) is 3.22. The van der Waals surface area contributed by atoms with E-state index in [1.165, 1.54) is 29.2 Å². The summed E-state index contributed by atoms with van der Waals surface area (Å²) in [5, 5.41) is 5.23. The van der Waals surface area contributed by atoms with Crippen LogP contribution in [0.2, 0.25) is 0 Å². The monoisotopic (exact) mass is 423 g/mol. The summed E-state index contributed by atoms with van der Waals surface area (Å²) in [5.41, 5.74) is 0.225. The van der Waals surface area contributed by atoms with Crippen LogP contribution in [0.5, 0.6) is 0 Å². The highest BCUT2D eigenvalue weighted by Gasteiger charge is 2.34. The number of nitrogens with one attached hydrogen (secondary N) is 2. The van der Waals surface area contributed by atoms with Crippen LogP contribution in [0.15, 0.2) is 24.3 Å². The van der Waals surface area contributed by atoms with Crippen LogP contribution in [0.1, 0.15) is 29.6 Å². The number of hydrogen-bond donors (Lipinski definition) is 2. The molecule has 2 N–H and O–H groups in total. The van der Waals surface area contributed by atoms with Crippen molar-refractivity contribution in [2.24, 2.45) is 0 Å². The van der Waals surface area contributed by atoms with Crippen molar-refractivity contribution in [1.29, 1.82) is 0 Å². The van der Waals surface area contributed by atoms with E-state index in [9.17, 15) is 18.8 Å². The van der Waals surface area contributed by atoms with Crippen LogP contribution < -0.4 is 10.6 Å². The number of carbonyl (C=O) groups is 3. The topological polar surface area (TPSA) is 97.0 Å². The SMILES string of the molecule is O=C(CC1C(=O)NCCN1C(=S)NC(=O)c1ccc(F)cc1)OCC1CCCO1. The van der Waals surface area contributed by atoms with Crippen molar-refractivity contribution in [3.63, 3.8) is 0 Å².